The van der Waals surface area contributed by atoms with E-state index in [1.54, 1.807) is 18.2 Å². The van der Waals surface area contributed by atoms with E-state index in [1.165, 1.54) is 7.11 Å². The number of amides is 1. The molecule has 17 heavy (non-hydrogen) atoms. The fourth-order valence-electron chi connectivity index (χ4n) is 1.29. The number of ether oxygens (including phenoxy) is 1. The number of halogens is 1. The summed E-state index contributed by atoms with van der Waals surface area (Å²) in [5, 5.41) is 11.2. The second-order valence-electron chi connectivity index (χ2n) is 3.30. The van der Waals surface area contributed by atoms with E-state index >= 15 is 0 Å². The number of carboxylic acids is 1. The van der Waals surface area contributed by atoms with Crippen LogP contribution in [0.1, 0.15) is 5.56 Å². The molecule has 0 spiro atoms. The molecule has 0 radical (unpaired) electrons. The Balaban J connectivity index is 2.69. The van der Waals surface area contributed by atoms with Crippen LogP contribution in [0.4, 0.5) is 0 Å². The zero-order chi connectivity index (χ0) is 12.8. The number of carbonyl (C=O) groups is 2. The van der Waals surface area contributed by atoms with Crippen molar-refractivity contribution in [1.29, 1.82) is 0 Å². The molecule has 5 nitrogen and oxygen atoms in total. The van der Waals surface area contributed by atoms with Gasteiger partial charge in [0, 0.05) is 10.6 Å². The highest BCUT2D eigenvalue weighted by Crippen LogP contribution is 2.22. The molecule has 0 aromatic heterocycles. The number of nitrogens with one attached hydrogen (secondary N) is 1. The molecule has 0 unspecified atom stereocenters. The van der Waals surface area contributed by atoms with E-state index in [2.05, 4.69) is 5.32 Å². The molecule has 0 aliphatic carbocycles. The van der Waals surface area contributed by atoms with Crippen molar-refractivity contribution in [3.63, 3.8) is 0 Å². The number of methoxy groups -OCH3 is 1. The van der Waals surface area contributed by atoms with E-state index in [1.807, 2.05) is 0 Å². The Hall–Kier alpha value is -1.75. The number of carbonyl (C=O) groups excluding carboxylic acids is 1. The van der Waals surface area contributed by atoms with Crippen molar-refractivity contribution in [2.45, 2.75) is 6.42 Å². The molecule has 0 heterocycles. The smallest absolute Gasteiger partial charge is 0.322 e. The normalized spacial score (nSPS) is 9.76. The quantitative estimate of drug-likeness (QED) is 0.828. The average Bonchev–Trinajstić information content (AvgIpc) is 2.27. The monoisotopic (exact) mass is 257 g/mol. The lowest BCUT2D eigenvalue weighted by Gasteiger charge is -2.08. The van der Waals surface area contributed by atoms with E-state index in [0.717, 1.165) is 0 Å². The minimum Gasteiger partial charge on any atom is -0.496 e. The molecule has 0 saturated heterocycles. The van der Waals surface area contributed by atoms with Gasteiger partial charge >= 0.3 is 5.97 Å². The van der Waals surface area contributed by atoms with Crippen molar-refractivity contribution in [1.82, 2.24) is 5.32 Å². The Morgan fingerprint density at radius 3 is 2.76 bits per heavy atom. The van der Waals surface area contributed by atoms with E-state index in [9.17, 15) is 9.59 Å². The molecule has 92 valence electrons. The van der Waals surface area contributed by atoms with Gasteiger partial charge in [-0.1, -0.05) is 11.6 Å². The lowest BCUT2D eigenvalue weighted by atomic mass is 10.1. The highest BCUT2D eigenvalue weighted by molar-refractivity contribution is 6.30. The summed E-state index contributed by atoms with van der Waals surface area (Å²) in [5.74, 6) is -0.941. The third-order valence-corrected chi connectivity index (χ3v) is 2.27. The van der Waals surface area contributed by atoms with Crippen molar-refractivity contribution in [2.75, 3.05) is 13.7 Å². The molecule has 0 saturated carbocycles. The fourth-order valence-corrected chi connectivity index (χ4v) is 1.49. The zero-order valence-corrected chi connectivity index (χ0v) is 9.95. The maximum absolute atomic E-state index is 11.4. The van der Waals surface area contributed by atoms with Crippen molar-refractivity contribution >= 4 is 23.5 Å². The Morgan fingerprint density at radius 1 is 1.47 bits per heavy atom. The van der Waals surface area contributed by atoms with Crippen LogP contribution in [0.15, 0.2) is 18.2 Å². The van der Waals surface area contributed by atoms with Crippen LogP contribution in [0.5, 0.6) is 5.75 Å². The fraction of sp³-hybridized carbons (Fsp3) is 0.273. The predicted octanol–water partition coefficient (Wildman–Crippen LogP) is 1.09. The summed E-state index contributed by atoms with van der Waals surface area (Å²) in [6, 6.07) is 4.92. The second kappa shape index (κ2) is 6.10. The lowest BCUT2D eigenvalue weighted by molar-refractivity contribution is -0.137. The first-order valence-electron chi connectivity index (χ1n) is 4.84. The molecule has 0 aliphatic rings. The molecular formula is C11H12ClNO4. The van der Waals surface area contributed by atoms with Gasteiger partial charge in [-0.2, -0.15) is 0 Å². The van der Waals surface area contributed by atoms with Crippen molar-refractivity contribution in [3.8, 4) is 5.75 Å². The maximum Gasteiger partial charge on any atom is 0.322 e. The van der Waals surface area contributed by atoms with Crippen LogP contribution in [0.25, 0.3) is 0 Å². The number of aliphatic carboxylic acids is 1. The summed E-state index contributed by atoms with van der Waals surface area (Å²) < 4.78 is 5.07. The standard InChI is InChI=1S/C11H12ClNO4/c1-17-9-3-2-8(12)4-7(9)5-10(14)13-6-11(15)16/h2-4H,5-6H2,1H3,(H,13,14)(H,15,16). The minimum absolute atomic E-state index is 0.0248. The van der Waals surface area contributed by atoms with Gasteiger partial charge in [-0.05, 0) is 18.2 Å². The Labute approximate surface area is 103 Å². The number of benzene rings is 1. The minimum atomic E-state index is -1.09. The maximum atomic E-state index is 11.4. The van der Waals surface area contributed by atoms with Gasteiger partial charge in [0.05, 0.1) is 13.5 Å². The third kappa shape index (κ3) is 4.32. The Bertz CT molecular complexity index is 433. The second-order valence-corrected chi connectivity index (χ2v) is 3.74. The van der Waals surface area contributed by atoms with Crippen LogP contribution in [-0.2, 0) is 16.0 Å². The van der Waals surface area contributed by atoms with Crippen LogP contribution >= 0.6 is 11.6 Å². The SMILES string of the molecule is COc1ccc(Cl)cc1CC(=O)NCC(=O)O. The molecule has 1 aromatic carbocycles. The largest absolute Gasteiger partial charge is 0.496 e. The molecule has 6 heteroatoms. The summed E-state index contributed by atoms with van der Waals surface area (Å²) >= 11 is 5.80. The first-order valence-corrected chi connectivity index (χ1v) is 5.21. The first kappa shape index (κ1) is 13.3. The van der Waals surface area contributed by atoms with E-state index < -0.39 is 18.4 Å². The summed E-state index contributed by atoms with van der Waals surface area (Å²) in [4.78, 5) is 21.7. The van der Waals surface area contributed by atoms with E-state index in [4.69, 9.17) is 21.4 Å². The molecule has 2 N–H and O–H groups in total. The highest BCUT2D eigenvalue weighted by Gasteiger charge is 2.10. The third-order valence-electron chi connectivity index (χ3n) is 2.03. The average molecular weight is 258 g/mol. The highest BCUT2D eigenvalue weighted by atomic mass is 35.5. The Morgan fingerprint density at radius 2 is 2.18 bits per heavy atom. The number of carboxylic acid groups (broad SMARTS) is 1. The summed E-state index contributed by atoms with van der Waals surface area (Å²) in [6.45, 7) is -0.401. The van der Waals surface area contributed by atoms with Gasteiger partial charge in [-0.15, -0.1) is 0 Å². The summed E-state index contributed by atoms with van der Waals surface area (Å²) in [7, 11) is 1.49. The molecule has 0 aliphatic heterocycles. The summed E-state index contributed by atoms with van der Waals surface area (Å²) in [5.41, 5.74) is 0.614. The van der Waals surface area contributed by atoms with Gasteiger partial charge in [0.15, 0.2) is 0 Å². The van der Waals surface area contributed by atoms with Gasteiger partial charge in [0.2, 0.25) is 5.91 Å². The molecular weight excluding hydrogens is 246 g/mol. The van der Waals surface area contributed by atoms with Crippen molar-refractivity contribution in [2.24, 2.45) is 0 Å². The molecule has 0 bridgehead atoms. The van der Waals surface area contributed by atoms with Gasteiger partial charge < -0.3 is 15.2 Å². The molecule has 1 aromatic rings. The number of hydrogen-bond donors (Lipinski definition) is 2. The number of rotatable bonds is 5. The van der Waals surface area contributed by atoms with Gasteiger partial charge in [0.1, 0.15) is 12.3 Å². The molecule has 1 rings (SSSR count). The van der Waals surface area contributed by atoms with Crippen LogP contribution in [0, 0.1) is 0 Å². The topological polar surface area (TPSA) is 75.6 Å². The zero-order valence-electron chi connectivity index (χ0n) is 9.20. The van der Waals surface area contributed by atoms with Gasteiger partial charge in [0.25, 0.3) is 0 Å². The van der Waals surface area contributed by atoms with Crippen LogP contribution in [-0.4, -0.2) is 30.6 Å². The predicted molar refractivity (Wildman–Crippen MR) is 62.4 cm³/mol. The van der Waals surface area contributed by atoms with Crippen molar-refractivity contribution < 1.29 is 19.4 Å². The van der Waals surface area contributed by atoms with Crippen LogP contribution in [0.2, 0.25) is 5.02 Å². The lowest BCUT2D eigenvalue weighted by Crippen LogP contribution is -2.30. The van der Waals surface area contributed by atoms with Gasteiger partial charge in [-0.25, -0.2) is 0 Å². The molecule has 0 atom stereocenters. The Kier molecular flexibility index (Phi) is 4.78. The van der Waals surface area contributed by atoms with Crippen LogP contribution in [0.3, 0.4) is 0 Å². The first-order chi connectivity index (χ1) is 8.02. The van der Waals surface area contributed by atoms with E-state index in [-0.39, 0.29) is 6.42 Å². The summed E-state index contributed by atoms with van der Waals surface area (Å²) in [6.07, 6.45) is 0.0248. The van der Waals surface area contributed by atoms with Crippen LogP contribution < -0.4 is 10.1 Å². The number of hydrogen-bond acceptors (Lipinski definition) is 3. The van der Waals surface area contributed by atoms with Crippen molar-refractivity contribution in [3.05, 3.63) is 28.8 Å². The van der Waals surface area contributed by atoms with E-state index in [0.29, 0.717) is 16.3 Å². The molecule has 1 amide bonds. The van der Waals surface area contributed by atoms with Gasteiger partial charge in [-0.3, -0.25) is 9.59 Å². The molecule has 0 fully saturated rings.